The summed E-state index contributed by atoms with van der Waals surface area (Å²) in [4.78, 5) is 22.5. The molecule has 0 aliphatic rings. The Labute approximate surface area is 124 Å². The molecule has 0 aliphatic carbocycles. The number of carbonyl (C=O) groups excluding carboxylic acids is 1. The predicted molar refractivity (Wildman–Crippen MR) is 80.8 cm³/mol. The zero-order valence-corrected chi connectivity index (χ0v) is 12.3. The van der Waals surface area contributed by atoms with Crippen LogP contribution in [0.1, 0.15) is 43.5 Å². The van der Waals surface area contributed by atoms with E-state index in [4.69, 9.17) is 5.11 Å². The average molecular weight is 294 g/mol. The molecule has 6 heteroatoms. The maximum absolute atomic E-state index is 11.6. The van der Waals surface area contributed by atoms with Crippen molar-refractivity contribution in [3.63, 3.8) is 0 Å². The number of benzene rings is 1. The fourth-order valence-corrected chi connectivity index (χ4v) is 1.84. The Balaban J connectivity index is 2.41. The van der Waals surface area contributed by atoms with Crippen molar-refractivity contribution in [2.45, 2.75) is 33.1 Å². The molecule has 0 heterocycles. The van der Waals surface area contributed by atoms with Gasteiger partial charge in [-0.1, -0.05) is 26.7 Å². The van der Waals surface area contributed by atoms with Gasteiger partial charge in [-0.15, -0.1) is 0 Å². The lowest BCUT2D eigenvalue weighted by Crippen LogP contribution is -2.29. The van der Waals surface area contributed by atoms with Crippen molar-refractivity contribution in [3.8, 4) is 5.75 Å². The molecule has 0 aliphatic heterocycles. The van der Waals surface area contributed by atoms with Gasteiger partial charge in [0.15, 0.2) is 0 Å². The van der Waals surface area contributed by atoms with E-state index < -0.39 is 5.97 Å². The molecular formula is C15H22N2O4. The summed E-state index contributed by atoms with van der Waals surface area (Å²) >= 11 is 0. The van der Waals surface area contributed by atoms with Crippen molar-refractivity contribution in [1.82, 2.24) is 5.32 Å². The number of unbranched alkanes of at least 4 members (excludes halogenated alkanes) is 1. The molecule has 0 bridgehead atoms. The number of hydrogen-bond acceptors (Lipinski definition) is 3. The Morgan fingerprint density at radius 3 is 2.57 bits per heavy atom. The Bertz CT molecular complexity index is 500. The first-order valence-electron chi connectivity index (χ1n) is 7.01. The van der Waals surface area contributed by atoms with E-state index in [0.29, 0.717) is 18.2 Å². The van der Waals surface area contributed by atoms with Gasteiger partial charge in [0.1, 0.15) is 11.3 Å². The summed E-state index contributed by atoms with van der Waals surface area (Å²) in [7, 11) is 0. The van der Waals surface area contributed by atoms with Crippen LogP contribution in [0.25, 0.3) is 0 Å². The van der Waals surface area contributed by atoms with Crippen molar-refractivity contribution in [2.24, 2.45) is 5.92 Å². The van der Waals surface area contributed by atoms with Crippen molar-refractivity contribution in [3.05, 3.63) is 23.8 Å². The second-order valence-electron chi connectivity index (χ2n) is 5.31. The van der Waals surface area contributed by atoms with Crippen molar-refractivity contribution < 1.29 is 19.8 Å². The minimum atomic E-state index is -1.25. The van der Waals surface area contributed by atoms with Gasteiger partial charge in [0.25, 0.3) is 0 Å². The number of aromatic carboxylic acids is 1. The highest BCUT2D eigenvalue weighted by atomic mass is 16.4. The first kappa shape index (κ1) is 16.8. The number of rotatable bonds is 7. The number of amides is 2. The van der Waals surface area contributed by atoms with E-state index in [1.165, 1.54) is 18.2 Å². The lowest BCUT2D eigenvalue weighted by Gasteiger charge is -2.09. The minimum absolute atomic E-state index is 0.246. The standard InChI is InChI=1S/C15H22N2O4/c1-10(2)5-3-4-8-16-15(21)17-11-6-7-13(18)12(9-11)14(19)20/h6-7,9-10,18H,3-5,8H2,1-2H3,(H,19,20)(H2,16,17,21). The molecule has 0 atom stereocenters. The van der Waals surface area contributed by atoms with Gasteiger partial charge in [0, 0.05) is 12.2 Å². The summed E-state index contributed by atoms with van der Waals surface area (Å²) in [5.41, 5.74) is 0.0783. The molecule has 1 aromatic rings. The number of carbonyl (C=O) groups is 2. The van der Waals surface area contributed by atoms with E-state index in [0.717, 1.165) is 19.3 Å². The molecule has 21 heavy (non-hydrogen) atoms. The monoisotopic (exact) mass is 294 g/mol. The van der Waals surface area contributed by atoms with Crippen LogP contribution in [0.5, 0.6) is 5.75 Å². The summed E-state index contributed by atoms with van der Waals surface area (Å²) in [6, 6.07) is 3.51. The van der Waals surface area contributed by atoms with Crippen LogP contribution >= 0.6 is 0 Å². The van der Waals surface area contributed by atoms with Gasteiger partial charge in [-0.05, 0) is 30.5 Å². The molecule has 0 saturated heterocycles. The minimum Gasteiger partial charge on any atom is -0.507 e. The highest BCUT2D eigenvalue weighted by molar-refractivity contribution is 5.95. The molecule has 0 spiro atoms. The molecule has 116 valence electrons. The molecule has 0 unspecified atom stereocenters. The van der Waals surface area contributed by atoms with Gasteiger partial charge in [0.05, 0.1) is 0 Å². The van der Waals surface area contributed by atoms with Gasteiger partial charge in [-0.3, -0.25) is 0 Å². The highest BCUT2D eigenvalue weighted by Gasteiger charge is 2.11. The van der Waals surface area contributed by atoms with Crippen LogP contribution in [-0.4, -0.2) is 28.8 Å². The van der Waals surface area contributed by atoms with Gasteiger partial charge in [0.2, 0.25) is 0 Å². The van der Waals surface area contributed by atoms with Crippen molar-refractivity contribution in [1.29, 1.82) is 0 Å². The summed E-state index contributed by atoms with van der Waals surface area (Å²) in [6.07, 6.45) is 3.09. The Morgan fingerprint density at radius 1 is 1.24 bits per heavy atom. The van der Waals surface area contributed by atoms with Crippen LogP contribution in [0.4, 0.5) is 10.5 Å². The van der Waals surface area contributed by atoms with Crippen molar-refractivity contribution in [2.75, 3.05) is 11.9 Å². The normalized spacial score (nSPS) is 10.4. The fraction of sp³-hybridized carbons (Fsp3) is 0.467. The highest BCUT2D eigenvalue weighted by Crippen LogP contribution is 2.21. The van der Waals surface area contributed by atoms with E-state index in [1.54, 1.807) is 0 Å². The summed E-state index contributed by atoms with van der Waals surface area (Å²) in [5.74, 6) is -0.919. The molecule has 0 saturated carbocycles. The van der Waals surface area contributed by atoms with E-state index in [2.05, 4.69) is 24.5 Å². The SMILES string of the molecule is CC(C)CCCCNC(=O)Nc1ccc(O)c(C(=O)O)c1. The quantitative estimate of drug-likeness (QED) is 0.459. The first-order chi connectivity index (χ1) is 9.90. The van der Waals surface area contributed by atoms with Gasteiger partial charge < -0.3 is 20.8 Å². The summed E-state index contributed by atoms with van der Waals surface area (Å²) in [6.45, 7) is 4.89. The van der Waals surface area contributed by atoms with E-state index in [-0.39, 0.29) is 17.3 Å². The molecule has 1 rings (SSSR count). The number of carboxylic acids is 1. The van der Waals surface area contributed by atoms with Crippen LogP contribution < -0.4 is 10.6 Å². The Morgan fingerprint density at radius 2 is 1.95 bits per heavy atom. The number of aromatic hydroxyl groups is 1. The van der Waals surface area contributed by atoms with Crippen LogP contribution in [0.3, 0.4) is 0 Å². The number of carboxylic acid groups (broad SMARTS) is 1. The number of urea groups is 1. The van der Waals surface area contributed by atoms with Crippen LogP contribution in [0, 0.1) is 5.92 Å². The zero-order valence-electron chi connectivity index (χ0n) is 12.3. The summed E-state index contributed by atoms with van der Waals surface area (Å²) < 4.78 is 0. The largest absolute Gasteiger partial charge is 0.507 e. The lowest BCUT2D eigenvalue weighted by atomic mass is 10.1. The maximum Gasteiger partial charge on any atom is 0.339 e. The lowest BCUT2D eigenvalue weighted by molar-refractivity contribution is 0.0693. The number of nitrogens with one attached hydrogen (secondary N) is 2. The Kier molecular flexibility index (Phi) is 6.52. The van der Waals surface area contributed by atoms with Crippen LogP contribution in [-0.2, 0) is 0 Å². The second-order valence-corrected chi connectivity index (χ2v) is 5.31. The molecule has 1 aromatic carbocycles. The number of anilines is 1. The van der Waals surface area contributed by atoms with Gasteiger partial charge in [-0.2, -0.15) is 0 Å². The van der Waals surface area contributed by atoms with Gasteiger partial charge in [-0.25, -0.2) is 9.59 Å². The fourth-order valence-electron chi connectivity index (χ4n) is 1.84. The molecule has 0 radical (unpaired) electrons. The van der Waals surface area contributed by atoms with E-state index in [1.807, 2.05) is 0 Å². The first-order valence-corrected chi connectivity index (χ1v) is 7.01. The van der Waals surface area contributed by atoms with Crippen LogP contribution in [0.2, 0.25) is 0 Å². The summed E-state index contributed by atoms with van der Waals surface area (Å²) in [5, 5.41) is 23.5. The van der Waals surface area contributed by atoms with Crippen molar-refractivity contribution >= 4 is 17.7 Å². The van der Waals surface area contributed by atoms with E-state index in [9.17, 15) is 14.7 Å². The third-order valence-electron chi connectivity index (χ3n) is 2.98. The second kappa shape index (κ2) is 8.14. The third-order valence-corrected chi connectivity index (χ3v) is 2.98. The molecular weight excluding hydrogens is 272 g/mol. The predicted octanol–water partition coefficient (Wildman–Crippen LogP) is 3.04. The molecule has 0 aromatic heterocycles. The maximum atomic E-state index is 11.6. The molecule has 0 fully saturated rings. The number of hydrogen-bond donors (Lipinski definition) is 4. The molecule has 2 amide bonds. The van der Waals surface area contributed by atoms with Crippen LogP contribution in [0.15, 0.2) is 18.2 Å². The average Bonchev–Trinajstić information content (AvgIpc) is 2.40. The zero-order chi connectivity index (χ0) is 15.8. The Hall–Kier alpha value is -2.24. The van der Waals surface area contributed by atoms with E-state index >= 15 is 0 Å². The smallest absolute Gasteiger partial charge is 0.339 e. The molecule has 4 N–H and O–H groups in total. The third kappa shape index (κ3) is 6.16. The number of phenols is 1. The van der Waals surface area contributed by atoms with Gasteiger partial charge >= 0.3 is 12.0 Å². The molecule has 6 nitrogen and oxygen atoms in total. The topological polar surface area (TPSA) is 98.7 Å².